The predicted molar refractivity (Wildman–Crippen MR) is 75.9 cm³/mol. The minimum Gasteiger partial charge on any atom is -0.497 e. The fraction of sp³-hybridized carbons (Fsp3) is 0.562. The Morgan fingerprint density at radius 1 is 1.37 bits per heavy atom. The van der Waals surface area contributed by atoms with Crippen molar-refractivity contribution in [2.45, 2.75) is 32.7 Å². The SMILES string of the molecule is COc1ccc(C(NCC(C)(C)C#N)C2CC2)cc1. The van der Waals surface area contributed by atoms with Gasteiger partial charge in [-0.05, 0) is 50.3 Å². The van der Waals surface area contributed by atoms with Crippen molar-refractivity contribution in [2.75, 3.05) is 13.7 Å². The summed E-state index contributed by atoms with van der Waals surface area (Å²) in [5.74, 6) is 1.60. The number of methoxy groups -OCH3 is 1. The van der Waals surface area contributed by atoms with Gasteiger partial charge in [0.15, 0.2) is 0 Å². The topological polar surface area (TPSA) is 45.0 Å². The third-order valence-electron chi connectivity index (χ3n) is 3.63. The number of rotatable bonds is 6. The summed E-state index contributed by atoms with van der Waals surface area (Å²) in [7, 11) is 1.68. The summed E-state index contributed by atoms with van der Waals surface area (Å²) < 4.78 is 5.19. The Balaban J connectivity index is 2.05. The van der Waals surface area contributed by atoms with E-state index in [1.54, 1.807) is 7.11 Å². The van der Waals surface area contributed by atoms with Gasteiger partial charge in [-0.25, -0.2) is 0 Å². The lowest BCUT2D eigenvalue weighted by molar-refractivity contribution is 0.382. The van der Waals surface area contributed by atoms with E-state index in [1.165, 1.54) is 18.4 Å². The van der Waals surface area contributed by atoms with Gasteiger partial charge in [0.2, 0.25) is 0 Å². The minimum absolute atomic E-state index is 0.320. The van der Waals surface area contributed by atoms with Crippen LogP contribution in [0.3, 0.4) is 0 Å². The molecule has 3 heteroatoms. The lowest BCUT2D eigenvalue weighted by Crippen LogP contribution is -2.32. The van der Waals surface area contributed by atoms with Crippen molar-refractivity contribution in [3.63, 3.8) is 0 Å². The average Bonchev–Trinajstić information content (AvgIpc) is 3.24. The van der Waals surface area contributed by atoms with Crippen LogP contribution in [-0.2, 0) is 0 Å². The first-order valence-corrected chi connectivity index (χ1v) is 6.84. The van der Waals surface area contributed by atoms with Crippen LogP contribution in [0.5, 0.6) is 5.75 Å². The van der Waals surface area contributed by atoms with E-state index < -0.39 is 0 Å². The summed E-state index contributed by atoms with van der Waals surface area (Å²) in [4.78, 5) is 0. The van der Waals surface area contributed by atoms with E-state index in [0.717, 1.165) is 12.3 Å². The number of ether oxygens (including phenoxy) is 1. The van der Waals surface area contributed by atoms with Gasteiger partial charge in [-0.15, -0.1) is 0 Å². The van der Waals surface area contributed by atoms with Crippen LogP contribution in [0, 0.1) is 22.7 Å². The van der Waals surface area contributed by atoms with Crippen LogP contribution in [0.4, 0.5) is 0 Å². The summed E-state index contributed by atoms with van der Waals surface area (Å²) >= 11 is 0. The number of benzene rings is 1. The zero-order valence-electron chi connectivity index (χ0n) is 11.9. The first kappa shape index (κ1) is 13.9. The third kappa shape index (κ3) is 3.71. The van der Waals surface area contributed by atoms with Gasteiger partial charge >= 0.3 is 0 Å². The zero-order valence-corrected chi connectivity index (χ0v) is 11.9. The molecule has 19 heavy (non-hydrogen) atoms. The van der Waals surface area contributed by atoms with E-state index in [-0.39, 0.29) is 5.41 Å². The Labute approximate surface area is 115 Å². The molecule has 1 aliphatic rings. The van der Waals surface area contributed by atoms with E-state index in [4.69, 9.17) is 10.00 Å². The summed E-state index contributed by atoms with van der Waals surface area (Å²) in [6, 6.07) is 10.9. The molecule has 1 unspecified atom stereocenters. The van der Waals surface area contributed by atoms with E-state index in [2.05, 4.69) is 23.5 Å². The quantitative estimate of drug-likeness (QED) is 0.851. The molecule has 0 heterocycles. The van der Waals surface area contributed by atoms with Gasteiger partial charge in [-0.2, -0.15) is 5.26 Å². The Morgan fingerprint density at radius 2 is 2.00 bits per heavy atom. The molecule has 3 nitrogen and oxygen atoms in total. The van der Waals surface area contributed by atoms with Gasteiger partial charge in [-0.1, -0.05) is 12.1 Å². The molecule has 1 saturated carbocycles. The fourth-order valence-electron chi connectivity index (χ4n) is 2.20. The van der Waals surface area contributed by atoms with Crippen LogP contribution < -0.4 is 10.1 Å². The van der Waals surface area contributed by atoms with Crippen LogP contribution in [0.2, 0.25) is 0 Å². The van der Waals surface area contributed by atoms with Gasteiger partial charge in [-0.3, -0.25) is 0 Å². The summed E-state index contributed by atoms with van der Waals surface area (Å²) in [6.45, 7) is 4.66. The highest BCUT2D eigenvalue weighted by molar-refractivity contribution is 5.30. The molecule has 1 aromatic rings. The fourth-order valence-corrected chi connectivity index (χ4v) is 2.20. The molecule has 1 N–H and O–H groups in total. The van der Waals surface area contributed by atoms with Crippen molar-refractivity contribution in [3.05, 3.63) is 29.8 Å². The first-order valence-electron chi connectivity index (χ1n) is 6.84. The molecule has 102 valence electrons. The second-order valence-corrected chi connectivity index (χ2v) is 5.96. The van der Waals surface area contributed by atoms with Crippen molar-refractivity contribution >= 4 is 0 Å². The predicted octanol–water partition coefficient (Wildman–Crippen LogP) is 3.29. The second kappa shape index (κ2) is 5.63. The molecule has 0 amide bonds. The molecular formula is C16H22N2O. The maximum atomic E-state index is 9.09. The molecule has 0 radical (unpaired) electrons. The molecule has 0 aliphatic heterocycles. The lowest BCUT2D eigenvalue weighted by Gasteiger charge is -2.23. The van der Waals surface area contributed by atoms with Crippen molar-refractivity contribution in [2.24, 2.45) is 11.3 Å². The smallest absolute Gasteiger partial charge is 0.118 e. The highest BCUT2D eigenvalue weighted by atomic mass is 16.5. The Kier molecular flexibility index (Phi) is 4.11. The van der Waals surface area contributed by atoms with Gasteiger partial charge in [0.25, 0.3) is 0 Å². The van der Waals surface area contributed by atoms with Crippen LogP contribution in [0.1, 0.15) is 38.3 Å². The van der Waals surface area contributed by atoms with Crippen LogP contribution in [-0.4, -0.2) is 13.7 Å². The molecule has 2 rings (SSSR count). The monoisotopic (exact) mass is 258 g/mol. The number of nitrogens with one attached hydrogen (secondary N) is 1. The third-order valence-corrected chi connectivity index (χ3v) is 3.63. The molecular weight excluding hydrogens is 236 g/mol. The maximum Gasteiger partial charge on any atom is 0.118 e. The highest BCUT2D eigenvalue weighted by Gasteiger charge is 2.33. The number of nitriles is 1. The summed E-state index contributed by atoms with van der Waals surface area (Å²) in [6.07, 6.45) is 2.55. The number of hydrogen-bond acceptors (Lipinski definition) is 3. The molecule has 0 aromatic heterocycles. The van der Waals surface area contributed by atoms with Gasteiger partial charge in [0.05, 0.1) is 18.6 Å². The molecule has 1 atom stereocenters. The van der Waals surface area contributed by atoms with E-state index in [1.807, 2.05) is 26.0 Å². The maximum absolute atomic E-state index is 9.09. The van der Waals surface area contributed by atoms with Crippen LogP contribution >= 0.6 is 0 Å². The number of hydrogen-bond donors (Lipinski definition) is 1. The number of nitrogens with zero attached hydrogens (tertiary/aromatic N) is 1. The van der Waals surface area contributed by atoms with Crippen molar-refractivity contribution in [3.8, 4) is 11.8 Å². The van der Waals surface area contributed by atoms with Crippen LogP contribution in [0.25, 0.3) is 0 Å². The lowest BCUT2D eigenvalue weighted by atomic mass is 9.94. The molecule has 0 spiro atoms. The van der Waals surface area contributed by atoms with Gasteiger partial charge < -0.3 is 10.1 Å². The Bertz CT molecular complexity index is 455. The van der Waals surface area contributed by atoms with Crippen LogP contribution in [0.15, 0.2) is 24.3 Å². The molecule has 1 aromatic carbocycles. The Morgan fingerprint density at radius 3 is 2.47 bits per heavy atom. The molecule has 0 saturated heterocycles. The standard InChI is InChI=1S/C16H22N2O/c1-16(2,10-17)11-18-15(12-4-5-12)13-6-8-14(19-3)9-7-13/h6-9,12,15,18H,4-5,11H2,1-3H3. The van der Waals surface area contributed by atoms with Crippen molar-refractivity contribution in [1.82, 2.24) is 5.32 Å². The molecule has 1 aliphatic carbocycles. The van der Waals surface area contributed by atoms with E-state index in [0.29, 0.717) is 12.0 Å². The highest BCUT2D eigenvalue weighted by Crippen LogP contribution is 2.41. The van der Waals surface area contributed by atoms with Gasteiger partial charge in [0, 0.05) is 12.6 Å². The van der Waals surface area contributed by atoms with Gasteiger partial charge in [0.1, 0.15) is 5.75 Å². The normalized spacial score (nSPS) is 16.7. The first-order chi connectivity index (χ1) is 9.05. The van der Waals surface area contributed by atoms with E-state index >= 15 is 0 Å². The van der Waals surface area contributed by atoms with E-state index in [9.17, 15) is 0 Å². The zero-order chi connectivity index (χ0) is 13.9. The summed E-state index contributed by atoms with van der Waals surface area (Å²) in [5.41, 5.74) is 0.969. The minimum atomic E-state index is -0.320. The largest absolute Gasteiger partial charge is 0.497 e. The summed E-state index contributed by atoms with van der Waals surface area (Å²) in [5, 5.41) is 12.7. The second-order valence-electron chi connectivity index (χ2n) is 5.96. The van der Waals surface area contributed by atoms with Crippen molar-refractivity contribution < 1.29 is 4.74 Å². The van der Waals surface area contributed by atoms with Crippen molar-refractivity contribution in [1.29, 1.82) is 5.26 Å². The molecule has 1 fully saturated rings. The Hall–Kier alpha value is -1.53. The molecule has 0 bridgehead atoms. The average molecular weight is 258 g/mol.